The van der Waals surface area contributed by atoms with Gasteiger partial charge in [-0.1, -0.05) is 27.7 Å². The molecule has 0 aromatic carbocycles. The van der Waals surface area contributed by atoms with Crippen LogP contribution in [0, 0.1) is 52.3 Å². The first-order valence-corrected chi connectivity index (χ1v) is 13.5. The molecular weight excluding hydrogens is 404 g/mol. The first-order chi connectivity index (χ1) is 15.1. The molecule has 3 N–H and O–H groups in total. The lowest BCUT2D eigenvalue weighted by atomic mass is 9.43. The van der Waals surface area contributed by atoms with Crippen molar-refractivity contribution in [3.8, 4) is 0 Å². The molecule has 14 unspecified atom stereocenters. The number of fused-ring (bicyclic) bond motifs is 7. The summed E-state index contributed by atoms with van der Waals surface area (Å²) < 4.78 is 13.3. The molecule has 6 aliphatic rings. The second-order valence-corrected chi connectivity index (χ2v) is 13.3. The zero-order chi connectivity index (χ0) is 22.6. The number of aliphatic hydroxyl groups excluding tert-OH is 3. The summed E-state index contributed by atoms with van der Waals surface area (Å²) in [5.74, 6) is 3.18. The average molecular weight is 449 g/mol. The second kappa shape index (κ2) is 7.16. The zero-order valence-corrected chi connectivity index (χ0v) is 20.4. The molecule has 6 rings (SSSR count). The molecule has 0 amide bonds. The van der Waals surface area contributed by atoms with E-state index in [1.807, 2.05) is 0 Å². The quantitative estimate of drug-likeness (QED) is 0.526. The van der Waals surface area contributed by atoms with E-state index in [2.05, 4.69) is 27.7 Å². The number of rotatable bonds is 0. The van der Waals surface area contributed by atoms with Crippen LogP contribution in [0.4, 0.5) is 0 Å². The Morgan fingerprint density at radius 1 is 0.812 bits per heavy atom. The van der Waals surface area contributed by atoms with Crippen LogP contribution in [0.1, 0.15) is 79.1 Å². The van der Waals surface area contributed by atoms with Gasteiger partial charge in [-0.25, -0.2) is 0 Å². The fourth-order valence-electron chi connectivity index (χ4n) is 10.4. The van der Waals surface area contributed by atoms with Crippen molar-refractivity contribution >= 4 is 0 Å². The fraction of sp³-hybridized carbons (Fsp3) is 1.00. The third-order valence-electron chi connectivity index (χ3n) is 12.0. The lowest BCUT2D eigenvalue weighted by Gasteiger charge is -2.62. The summed E-state index contributed by atoms with van der Waals surface area (Å²) in [6.07, 6.45) is 6.18. The summed E-state index contributed by atoms with van der Waals surface area (Å²) in [5.41, 5.74) is 0.201. The monoisotopic (exact) mass is 448 g/mol. The van der Waals surface area contributed by atoms with Gasteiger partial charge in [0, 0.05) is 12.3 Å². The van der Waals surface area contributed by atoms with E-state index in [0.717, 1.165) is 32.3 Å². The molecule has 2 heterocycles. The van der Waals surface area contributed by atoms with Crippen LogP contribution in [0.15, 0.2) is 0 Å². The maximum atomic E-state index is 10.8. The molecule has 4 saturated carbocycles. The summed E-state index contributed by atoms with van der Waals surface area (Å²) >= 11 is 0. The zero-order valence-electron chi connectivity index (χ0n) is 20.4. The SMILES string of the molecule is CC1CCC2(OC1)OC1CC3C4CCC5C(O)C(O)C(O)CC5(C)C4CCC3(C)C1C2C. The summed E-state index contributed by atoms with van der Waals surface area (Å²) in [5, 5.41) is 31.7. The van der Waals surface area contributed by atoms with E-state index < -0.39 is 18.3 Å². The van der Waals surface area contributed by atoms with Gasteiger partial charge in [0.2, 0.25) is 0 Å². The average Bonchev–Trinajstić information content (AvgIpc) is 3.19. The number of hydrogen-bond donors (Lipinski definition) is 3. The summed E-state index contributed by atoms with van der Waals surface area (Å²) in [6, 6.07) is 0. The highest BCUT2D eigenvalue weighted by molar-refractivity contribution is 5.16. The maximum absolute atomic E-state index is 10.8. The van der Waals surface area contributed by atoms with Crippen molar-refractivity contribution in [1.82, 2.24) is 0 Å². The predicted octanol–water partition coefficient (Wildman–Crippen LogP) is 3.74. The molecule has 5 heteroatoms. The summed E-state index contributed by atoms with van der Waals surface area (Å²) in [4.78, 5) is 0. The number of aliphatic hydroxyl groups is 3. The molecule has 4 aliphatic carbocycles. The van der Waals surface area contributed by atoms with Gasteiger partial charge in [-0.05, 0) is 91.3 Å². The lowest BCUT2D eigenvalue weighted by Crippen LogP contribution is -2.62. The van der Waals surface area contributed by atoms with E-state index in [-0.39, 0.29) is 22.5 Å². The lowest BCUT2D eigenvalue weighted by molar-refractivity contribution is -0.273. The molecule has 0 aromatic heterocycles. The number of hydrogen-bond acceptors (Lipinski definition) is 5. The van der Waals surface area contributed by atoms with Gasteiger partial charge < -0.3 is 24.8 Å². The van der Waals surface area contributed by atoms with Crippen LogP contribution < -0.4 is 0 Å². The molecule has 182 valence electrons. The fourth-order valence-corrected chi connectivity index (χ4v) is 10.4. The van der Waals surface area contributed by atoms with Gasteiger partial charge in [-0.3, -0.25) is 0 Å². The highest BCUT2D eigenvalue weighted by Gasteiger charge is 2.69. The normalized spacial score (nSPS) is 64.0. The minimum atomic E-state index is -0.993. The van der Waals surface area contributed by atoms with E-state index in [1.54, 1.807) is 0 Å². The smallest absolute Gasteiger partial charge is 0.171 e. The first-order valence-electron chi connectivity index (χ1n) is 13.5. The first kappa shape index (κ1) is 22.3. The van der Waals surface area contributed by atoms with Crippen molar-refractivity contribution in [1.29, 1.82) is 0 Å². The van der Waals surface area contributed by atoms with Crippen LogP contribution in [0.5, 0.6) is 0 Å². The molecule has 5 nitrogen and oxygen atoms in total. The van der Waals surface area contributed by atoms with Crippen molar-refractivity contribution in [2.45, 2.75) is 109 Å². The van der Waals surface area contributed by atoms with Gasteiger partial charge in [0.15, 0.2) is 5.79 Å². The summed E-state index contributed by atoms with van der Waals surface area (Å²) in [6.45, 7) is 10.3. The van der Waals surface area contributed by atoms with E-state index in [0.29, 0.717) is 48.0 Å². The van der Waals surface area contributed by atoms with Gasteiger partial charge in [-0.2, -0.15) is 0 Å². The van der Waals surface area contributed by atoms with Crippen molar-refractivity contribution in [3.05, 3.63) is 0 Å². The van der Waals surface area contributed by atoms with Crippen molar-refractivity contribution < 1.29 is 24.8 Å². The third-order valence-corrected chi connectivity index (χ3v) is 12.0. The molecule has 2 aliphatic heterocycles. The Morgan fingerprint density at radius 2 is 1.59 bits per heavy atom. The third kappa shape index (κ3) is 2.75. The standard InChI is InChI=1S/C27H44O5/c1-14-7-10-27(31-13-14)15(2)22-21(32-27)11-19-16-5-6-18-23(29)24(30)20(28)12-26(18,4)17(16)8-9-25(19,22)3/h14-24,28-30H,5-13H2,1-4H3. The Bertz CT molecular complexity index is 748. The minimum Gasteiger partial charge on any atom is -0.390 e. The Labute approximate surface area is 193 Å². The second-order valence-electron chi connectivity index (χ2n) is 13.3. The molecule has 2 saturated heterocycles. The number of ether oxygens (including phenoxy) is 2. The van der Waals surface area contributed by atoms with Crippen molar-refractivity contribution in [2.75, 3.05) is 6.61 Å². The maximum Gasteiger partial charge on any atom is 0.171 e. The van der Waals surface area contributed by atoms with Crippen LogP contribution in [-0.2, 0) is 9.47 Å². The molecule has 1 spiro atoms. The van der Waals surface area contributed by atoms with Gasteiger partial charge in [0.1, 0.15) is 6.10 Å². The highest BCUT2D eigenvalue weighted by Crippen LogP contribution is 2.71. The Kier molecular flexibility index (Phi) is 4.99. The van der Waals surface area contributed by atoms with Gasteiger partial charge in [-0.15, -0.1) is 0 Å². The molecule has 0 aromatic rings. The van der Waals surface area contributed by atoms with E-state index >= 15 is 0 Å². The topological polar surface area (TPSA) is 79.2 Å². The van der Waals surface area contributed by atoms with Crippen LogP contribution in [0.2, 0.25) is 0 Å². The van der Waals surface area contributed by atoms with Gasteiger partial charge >= 0.3 is 0 Å². The van der Waals surface area contributed by atoms with Crippen LogP contribution in [0.25, 0.3) is 0 Å². The minimum absolute atomic E-state index is 0.0870. The van der Waals surface area contributed by atoms with Gasteiger partial charge in [0.25, 0.3) is 0 Å². The molecule has 0 bridgehead atoms. The molecular formula is C27H44O5. The van der Waals surface area contributed by atoms with Crippen LogP contribution in [-0.4, -0.2) is 52.1 Å². The van der Waals surface area contributed by atoms with E-state index in [1.165, 1.54) is 19.3 Å². The predicted molar refractivity (Wildman–Crippen MR) is 121 cm³/mol. The van der Waals surface area contributed by atoms with Crippen molar-refractivity contribution in [2.24, 2.45) is 52.3 Å². The highest BCUT2D eigenvalue weighted by atomic mass is 16.7. The molecule has 32 heavy (non-hydrogen) atoms. The van der Waals surface area contributed by atoms with E-state index in [9.17, 15) is 15.3 Å². The molecule has 6 fully saturated rings. The largest absolute Gasteiger partial charge is 0.390 e. The molecule has 14 atom stereocenters. The van der Waals surface area contributed by atoms with Crippen molar-refractivity contribution in [3.63, 3.8) is 0 Å². The summed E-state index contributed by atoms with van der Waals surface area (Å²) in [7, 11) is 0. The Hall–Kier alpha value is -0.200. The molecule has 0 radical (unpaired) electrons. The van der Waals surface area contributed by atoms with Gasteiger partial charge in [0.05, 0.1) is 24.9 Å². The van der Waals surface area contributed by atoms with Crippen LogP contribution in [0.3, 0.4) is 0 Å². The van der Waals surface area contributed by atoms with Crippen LogP contribution >= 0.6 is 0 Å². The Balaban J connectivity index is 1.27. The van der Waals surface area contributed by atoms with E-state index in [4.69, 9.17) is 9.47 Å². The Morgan fingerprint density at radius 3 is 2.31 bits per heavy atom.